The van der Waals surface area contributed by atoms with Crippen LogP contribution in [-0.4, -0.2) is 32.1 Å². The van der Waals surface area contributed by atoms with Gasteiger partial charge in [-0.05, 0) is 37.1 Å². The Balaban J connectivity index is 2.63. The quantitative estimate of drug-likeness (QED) is 0.706. The number of rotatable bonds is 6. The van der Waals surface area contributed by atoms with Crippen molar-refractivity contribution in [2.24, 2.45) is 0 Å². The van der Waals surface area contributed by atoms with Gasteiger partial charge in [-0.1, -0.05) is 19.1 Å². The van der Waals surface area contributed by atoms with Crippen LogP contribution in [0.3, 0.4) is 0 Å². The Morgan fingerprint density at radius 2 is 2.18 bits per heavy atom. The van der Waals surface area contributed by atoms with Crippen molar-refractivity contribution in [2.45, 2.75) is 19.8 Å². The van der Waals surface area contributed by atoms with Crippen LogP contribution in [0.5, 0.6) is 5.75 Å². The van der Waals surface area contributed by atoms with Crippen LogP contribution in [0.1, 0.15) is 18.1 Å². The van der Waals surface area contributed by atoms with Gasteiger partial charge in [0.2, 0.25) is 0 Å². The van der Waals surface area contributed by atoms with Gasteiger partial charge in [0.1, 0.15) is 5.75 Å². The van der Waals surface area contributed by atoms with E-state index in [0.29, 0.717) is 6.54 Å². The fraction of sp³-hybridized carbons (Fsp3) is 0.500. The average Bonchev–Trinajstić information content (AvgIpc) is 2.36. The standard InChI is InChI=1S/C14H20N2O/c1-4-13-11-12(5-6-14(13)17-3)7-9-16(2)10-8-15/h5-6,11H,4,7,9-10H2,1-3H3. The van der Waals surface area contributed by atoms with Crippen LogP contribution in [-0.2, 0) is 12.8 Å². The number of aryl methyl sites for hydroxylation is 1. The molecule has 0 saturated carbocycles. The van der Waals surface area contributed by atoms with E-state index < -0.39 is 0 Å². The van der Waals surface area contributed by atoms with E-state index in [1.54, 1.807) is 7.11 Å². The lowest BCUT2D eigenvalue weighted by molar-refractivity contribution is 0.378. The lowest BCUT2D eigenvalue weighted by Crippen LogP contribution is -2.21. The third kappa shape index (κ3) is 4.08. The van der Waals surface area contributed by atoms with Crippen molar-refractivity contribution >= 4 is 0 Å². The summed E-state index contributed by atoms with van der Waals surface area (Å²) in [6.07, 6.45) is 1.94. The largest absolute Gasteiger partial charge is 0.496 e. The average molecular weight is 232 g/mol. The zero-order chi connectivity index (χ0) is 12.7. The summed E-state index contributed by atoms with van der Waals surface area (Å²) in [5.41, 5.74) is 2.54. The van der Waals surface area contributed by atoms with Gasteiger partial charge in [-0.25, -0.2) is 0 Å². The fourth-order valence-electron chi connectivity index (χ4n) is 1.78. The normalized spacial score (nSPS) is 10.3. The molecule has 0 radical (unpaired) electrons. The zero-order valence-corrected chi connectivity index (χ0v) is 10.9. The van der Waals surface area contributed by atoms with Crippen molar-refractivity contribution in [3.05, 3.63) is 29.3 Å². The summed E-state index contributed by atoms with van der Waals surface area (Å²) in [5.74, 6) is 0.960. The molecule has 0 amide bonds. The first-order chi connectivity index (χ1) is 8.21. The number of hydrogen-bond acceptors (Lipinski definition) is 3. The lowest BCUT2D eigenvalue weighted by atomic mass is 10.1. The molecule has 3 heteroatoms. The first-order valence-corrected chi connectivity index (χ1v) is 5.92. The number of ether oxygens (including phenoxy) is 1. The highest BCUT2D eigenvalue weighted by Gasteiger charge is 2.03. The predicted molar refractivity (Wildman–Crippen MR) is 69.2 cm³/mol. The molecule has 0 unspecified atom stereocenters. The van der Waals surface area contributed by atoms with Gasteiger partial charge >= 0.3 is 0 Å². The lowest BCUT2D eigenvalue weighted by Gasteiger charge is -2.13. The van der Waals surface area contributed by atoms with Crippen LogP contribution in [0.4, 0.5) is 0 Å². The van der Waals surface area contributed by atoms with Crippen molar-refractivity contribution < 1.29 is 4.74 Å². The minimum atomic E-state index is 0.483. The summed E-state index contributed by atoms with van der Waals surface area (Å²) in [7, 11) is 3.67. The van der Waals surface area contributed by atoms with Crippen molar-refractivity contribution in [3.63, 3.8) is 0 Å². The van der Waals surface area contributed by atoms with Crippen LogP contribution in [0.2, 0.25) is 0 Å². The Kier molecular flexibility index (Phi) is 5.51. The van der Waals surface area contributed by atoms with E-state index in [0.717, 1.165) is 25.1 Å². The van der Waals surface area contributed by atoms with Crippen molar-refractivity contribution in [1.29, 1.82) is 5.26 Å². The number of nitrogens with zero attached hydrogens (tertiary/aromatic N) is 2. The molecule has 0 N–H and O–H groups in total. The molecule has 0 heterocycles. The van der Waals surface area contributed by atoms with Crippen LogP contribution < -0.4 is 4.74 Å². The van der Waals surface area contributed by atoms with Gasteiger partial charge in [-0.3, -0.25) is 4.90 Å². The van der Waals surface area contributed by atoms with Gasteiger partial charge in [0.25, 0.3) is 0 Å². The maximum Gasteiger partial charge on any atom is 0.122 e. The van der Waals surface area contributed by atoms with Gasteiger partial charge in [-0.2, -0.15) is 5.26 Å². The van der Waals surface area contributed by atoms with Gasteiger partial charge in [-0.15, -0.1) is 0 Å². The molecule has 1 rings (SSSR count). The van der Waals surface area contributed by atoms with Crippen molar-refractivity contribution in [2.75, 3.05) is 27.2 Å². The molecule has 1 aromatic carbocycles. The van der Waals surface area contributed by atoms with Crippen LogP contribution in [0, 0.1) is 11.3 Å². The minimum Gasteiger partial charge on any atom is -0.496 e. The molecule has 0 bridgehead atoms. The van der Waals surface area contributed by atoms with E-state index in [-0.39, 0.29) is 0 Å². The summed E-state index contributed by atoms with van der Waals surface area (Å²) in [6.45, 7) is 3.52. The number of nitriles is 1. The van der Waals surface area contributed by atoms with E-state index in [9.17, 15) is 0 Å². The first kappa shape index (κ1) is 13.5. The van der Waals surface area contributed by atoms with Crippen molar-refractivity contribution in [1.82, 2.24) is 4.90 Å². The second kappa shape index (κ2) is 6.93. The zero-order valence-electron chi connectivity index (χ0n) is 10.9. The van der Waals surface area contributed by atoms with Gasteiger partial charge in [0.05, 0.1) is 19.7 Å². The first-order valence-electron chi connectivity index (χ1n) is 5.92. The van der Waals surface area contributed by atoms with Crippen LogP contribution in [0.15, 0.2) is 18.2 Å². The van der Waals surface area contributed by atoms with Crippen LogP contribution >= 0.6 is 0 Å². The molecule has 0 aliphatic carbocycles. The topological polar surface area (TPSA) is 36.3 Å². The van der Waals surface area contributed by atoms with E-state index in [2.05, 4.69) is 25.1 Å². The van der Waals surface area contributed by atoms with E-state index in [1.807, 2.05) is 18.0 Å². The molecule has 0 aromatic heterocycles. The highest BCUT2D eigenvalue weighted by molar-refractivity contribution is 5.37. The van der Waals surface area contributed by atoms with Gasteiger partial charge in [0.15, 0.2) is 0 Å². The van der Waals surface area contributed by atoms with E-state index >= 15 is 0 Å². The Bertz CT molecular complexity index is 396. The molecule has 3 nitrogen and oxygen atoms in total. The Morgan fingerprint density at radius 1 is 1.41 bits per heavy atom. The van der Waals surface area contributed by atoms with Gasteiger partial charge in [0, 0.05) is 6.54 Å². The minimum absolute atomic E-state index is 0.483. The molecule has 17 heavy (non-hydrogen) atoms. The molecule has 1 aromatic rings. The molecular weight excluding hydrogens is 212 g/mol. The second-order valence-corrected chi connectivity index (χ2v) is 4.15. The molecule has 0 aliphatic rings. The Hall–Kier alpha value is -1.53. The highest BCUT2D eigenvalue weighted by atomic mass is 16.5. The monoisotopic (exact) mass is 232 g/mol. The SMILES string of the molecule is CCc1cc(CCN(C)CC#N)ccc1OC. The maximum absolute atomic E-state index is 8.58. The summed E-state index contributed by atoms with van der Waals surface area (Å²) in [4.78, 5) is 2.02. The number of hydrogen-bond donors (Lipinski definition) is 0. The molecule has 92 valence electrons. The van der Waals surface area contributed by atoms with E-state index in [4.69, 9.17) is 10.00 Å². The Morgan fingerprint density at radius 3 is 2.76 bits per heavy atom. The fourth-order valence-corrected chi connectivity index (χ4v) is 1.78. The molecule has 0 saturated heterocycles. The van der Waals surface area contributed by atoms with E-state index in [1.165, 1.54) is 11.1 Å². The second-order valence-electron chi connectivity index (χ2n) is 4.15. The van der Waals surface area contributed by atoms with Crippen molar-refractivity contribution in [3.8, 4) is 11.8 Å². The Labute approximate surface area is 104 Å². The molecule has 0 atom stereocenters. The molecule has 0 spiro atoms. The van der Waals surface area contributed by atoms with Crippen LogP contribution in [0.25, 0.3) is 0 Å². The summed E-state index contributed by atoms with van der Waals surface area (Å²) in [6, 6.07) is 8.47. The predicted octanol–water partition coefficient (Wildman–Crippen LogP) is 2.26. The number of methoxy groups -OCH3 is 1. The third-order valence-corrected chi connectivity index (χ3v) is 2.85. The summed E-state index contributed by atoms with van der Waals surface area (Å²) < 4.78 is 5.30. The smallest absolute Gasteiger partial charge is 0.122 e. The summed E-state index contributed by atoms with van der Waals surface area (Å²) in [5, 5.41) is 8.58. The summed E-state index contributed by atoms with van der Waals surface area (Å²) >= 11 is 0. The van der Waals surface area contributed by atoms with Gasteiger partial charge < -0.3 is 4.74 Å². The number of likely N-dealkylation sites (N-methyl/N-ethyl adjacent to an activating group) is 1. The third-order valence-electron chi connectivity index (χ3n) is 2.85. The number of benzene rings is 1. The molecule has 0 aliphatic heterocycles. The molecular formula is C14H20N2O. The highest BCUT2D eigenvalue weighted by Crippen LogP contribution is 2.20. The maximum atomic E-state index is 8.58. The molecule has 0 fully saturated rings.